The molecule has 0 bridgehead atoms. The zero-order chi connectivity index (χ0) is 13.3. The number of carbonyl (C=O) groups is 1. The number of nitrogens with zero attached hydrogens (tertiary/aromatic N) is 2. The van der Waals surface area contributed by atoms with E-state index in [1.165, 1.54) is 0 Å². The van der Waals surface area contributed by atoms with Crippen molar-refractivity contribution >= 4 is 5.91 Å². The van der Waals surface area contributed by atoms with Gasteiger partial charge in [-0.1, -0.05) is 20.8 Å². The van der Waals surface area contributed by atoms with E-state index in [1.54, 1.807) is 0 Å². The highest BCUT2D eigenvalue weighted by molar-refractivity contribution is 5.81. The number of hydrogen-bond acceptors (Lipinski definition) is 2. The minimum absolute atomic E-state index is 0.241. The Hall–Kier alpha value is -0.640. The molecule has 2 aliphatic heterocycles. The molecule has 0 saturated carbocycles. The van der Waals surface area contributed by atoms with Gasteiger partial charge in [-0.25, -0.2) is 4.39 Å². The lowest BCUT2D eigenvalue weighted by Crippen LogP contribution is -2.45. The number of hydrogen-bond donors (Lipinski definition) is 0. The molecule has 3 nitrogen and oxygen atoms in total. The molecule has 0 aliphatic carbocycles. The van der Waals surface area contributed by atoms with E-state index >= 15 is 0 Å². The van der Waals surface area contributed by atoms with Gasteiger partial charge in [0.05, 0.1) is 0 Å². The van der Waals surface area contributed by atoms with Crippen LogP contribution in [0.2, 0.25) is 0 Å². The third kappa shape index (κ3) is 3.02. The Kier molecular flexibility index (Phi) is 3.95. The normalized spacial score (nSPS) is 27.8. The van der Waals surface area contributed by atoms with Gasteiger partial charge < -0.3 is 4.90 Å². The van der Waals surface area contributed by atoms with Crippen molar-refractivity contribution in [1.82, 2.24) is 9.80 Å². The van der Waals surface area contributed by atoms with Crippen LogP contribution in [0.25, 0.3) is 0 Å². The van der Waals surface area contributed by atoms with Gasteiger partial charge in [-0.05, 0) is 19.3 Å². The standard InChI is InChI=1S/C14H25FN2O/c1-14(2,3)13(18)17-9-6-12(10-17)16-7-4-11(15)5-8-16/h11-12H,4-10H2,1-3H3. The summed E-state index contributed by atoms with van der Waals surface area (Å²) in [5.41, 5.74) is -0.291. The highest BCUT2D eigenvalue weighted by Crippen LogP contribution is 2.25. The number of halogens is 1. The Bertz CT molecular complexity index is 305. The predicted octanol–water partition coefficient (Wildman–Crippen LogP) is 2.07. The van der Waals surface area contributed by atoms with Gasteiger partial charge in [0.15, 0.2) is 0 Å². The number of carbonyl (C=O) groups excluding carboxylic acids is 1. The molecule has 2 saturated heterocycles. The third-order valence-electron chi connectivity index (χ3n) is 4.07. The molecule has 2 rings (SSSR count). The zero-order valence-electron chi connectivity index (χ0n) is 11.8. The van der Waals surface area contributed by atoms with Gasteiger partial charge >= 0.3 is 0 Å². The summed E-state index contributed by atoms with van der Waals surface area (Å²) >= 11 is 0. The van der Waals surface area contributed by atoms with Crippen molar-refractivity contribution in [1.29, 1.82) is 0 Å². The van der Waals surface area contributed by atoms with Crippen LogP contribution in [-0.4, -0.2) is 54.1 Å². The summed E-state index contributed by atoms with van der Waals surface area (Å²) in [4.78, 5) is 16.5. The first-order valence-corrected chi connectivity index (χ1v) is 7.05. The molecule has 2 aliphatic rings. The minimum atomic E-state index is -0.616. The fraction of sp³-hybridized carbons (Fsp3) is 0.929. The molecule has 104 valence electrons. The van der Waals surface area contributed by atoms with E-state index in [1.807, 2.05) is 25.7 Å². The molecule has 18 heavy (non-hydrogen) atoms. The van der Waals surface area contributed by atoms with Crippen LogP contribution in [-0.2, 0) is 4.79 Å². The molecule has 0 aromatic carbocycles. The number of alkyl halides is 1. The zero-order valence-corrected chi connectivity index (χ0v) is 11.8. The molecular formula is C14H25FN2O. The highest BCUT2D eigenvalue weighted by atomic mass is 19.1. The first-order valence-electron chi connectivity index (χ1n) is 7.05. The monoisotopic (exact) mass is 256 g/mol. The number of amides is 1. The Morgan fingerprint density at radius 1 is 1.11 bits per heavy atom. The van der Waals surface area contributed by atoms with Crippen LogP contribution >= 0.6 is 0 Å². The van der Waals surface area contributed by atoms with Crippen molar-refractivity contribution in [3.63, 3.8) is 0 Å². The van der Waals surface area contributed by atoms with E-state index in [2.05, 4.69) is 4.90 Å². The van der Waals surface area contributed by atoms with Crippen molar-refractivity contribution in [2.45, 2.75) is 52.2 Å². The van der Waals surface area contributed by atoms with Crippen molar-refractivity contribution in [3.8, 4) is 0 Å². The molecule has 1 atom stereocenters. The molecule has 0 spiro atoms. The van der Waals surface area contributed by atoms with Gasteiger partial charge in [0.2, 0.25) is 5.91 Å². The SMILES string of the molecule is CC(C)(C)C(=O)N1CCC(N2CCC(F)CC2)C1. The van der Waals surface area contributed by atoms with Gasteiger partial charge in [0.25, 0.3) is 0 Å². The lowest BCUT2D eigenvalue weighted by atomic mass is 9.95. The fourth-order valence-corrected chi connectivity index (χ4v) is 2.93. The van der Waals surface area contributed by atoms with Crippen molar-refractivity contribution < 1.29 is 9.18 Å². The molecular weight excluding hydrogens is 231 g/mol. The molecule has 1 unspecified atom stereocenters. The average Bonchev–Trinajstić information content (AvgIpc) is 2.77. The third-order valence-corrected chi connectivity index (χ3v) is 4.07. The van der Waals surface area contributed by atoms with Crippen molar-refractivity contribution in [2.24, 2.45) is 5.41 Å². The molecule has 4 heteroatoms. The average molecular weight is 256 g/mol. The van der Waals surface area contributed by atoms with Crippen LogP contribution in [0.15, 0.2) is 0 Å². The van der Waals surface area contributed by atoms with Crippen molar-refractivity contribution in [3.05, 3.63) is 0 Å². The lowest BCUT2D eigenvalue weighted by molar-refractivity contribution is -0.138. The maximum Gasteiger partial charge on any atom is 0.228 e. The highest BCUT2D eigenvalue weighted by Gasteiger charge is 2.35. The van der Waals surface area contributed by atoms with Gasteiger partial charge in [-0.3, -0.25) is 9.69 Å². The fourth-order valence-electron chi connectivity index (χ4n) is 2.93. The van der Waals surface area contributed by atoms with Crippen molar-refractivity contribution in [2.75, 3.05) is 26.2 Å². The molecule has 0 aromatic heterocycles. The lowest BCUT2D eigenvalue weighted by Gasteiger charge is -2.34. The van der Waals surface area contributed by atoms with Crippen LogP contribution < -0.4 is 0 Å². The topological polar surface area (TPSA) is 23.6 Å². The van der Waals surface area contributed by atoms with Crippen LogP contribution in [0.5, 0.6) is 0 Å². The first-order chi connectivity index (χ1) is 8.38. The van der Waals surface area contributed by atoms with Gasteiger partial charge in [0.1, 0.15) is 6.17 Å². The molecule has 2 heterocycles. The van der Waals surface area contributed by atoms with E-state index in [-0.39, 0.29) is 11.3 Å². The van der Waals surface area contributed by atoms with Gasteiger partial charge in [0, 0.05) is 37.6 Å². The quantitative estimate of drug-likeness (QED) is 0.717. The van der Waals surface area contributed by atoms with Crippen LogP contribution in [0.3, 0.4) is 0 Å². The number of piperidine rings is 1. The molecule has 1 amide bonds. The Morgan fingerprint density at radius 3 is 2.28 bits per heavy atom. The summed E-state index contributed by atoms with van der Waals surface area (Å²) in [6.45, 7) is 9.29. The smallest absolute Gasteiger partial charge is 0.228 e. The largest absolute Gasteiger partial charge is 0.341 e. The van der Waals surface area contributed by atoms with E-state index in [4.69, 9.17) is 0 Å². The molecule has 2 fully saturated rings. The maximum absolute atomic E-state index is 13.1. The summed E-state index contributed by atoms with van der Waals surface area (Å²) in [6.07, 6.45) is 1.74. The number of rotatable bonds is 1. The van der Waals surface area contributed by atoms with E-state index in [0.29, 0.717) is 18.9 Å². The summed E-state index contributed by atoms with van der Waals surface area (Å²) in [6, 6.07) is 0.448. The van der Waals surface area contributed by atoms with Crippen LogP contribution in [0, 0.1) is 5.41 Å². The first kappa shape index (κ1) is 13.8. The maximum atomic E-state index is 13.1. The van der Waals surface area contributed by atoms with Gasteiger partial charge in [-0.15, -0.1) is 0 Å². The van der Waals surface area contributed by atoms with E-state index in [0.717, 1.165) is 32.6 Å². The Labute approximate surface area is 109 Å². The summed E-state index contributed by atoms with van der Waals surface area (Å²) in [7, 11) is 0. The molecule has 0 radical (unpaired) electrons. The van der Waals surface area contributed by atoms with Crippen LogP contribution in [0.4, 0.5) is 4.39 Å². The summed E-state index contributed by atoms with van der Waals surface area (Å²) in [5.74, 6) is 0.241. The summed E-state index contributed by atoms with van der Waals surface area (Å²) < 4.78 is 13.1. The second-order valence-electron chi connectivity index (χ2n) is 6.65. The Balaban J connectivity index is 1.87. The molecule has 0 N–H and O–H groups in total. The minimum Gasteiger partial charge on any atom is -0.341 e. The number of likely N-dealkylation sites (tertiary alicyclic amines) is 2. The Morgan fingerprint density at radius 2 is 1.72 bits per heavy atom. The predicted molar refractivity (Wildman–Crippen MR) is 70.1 cm³/mol. The summed E-state index contributed by atoms with van der Waals surface area (Å²) in [5, 5.41) is 0. The molecule has 0 aromatic rings. The second kappa shape index (κ2) is 5.16. The van der Waals surface area contributed by atoms with E-state index in [9.17, 15) is 9.18 Å². The van der Waals surface area contributed by atoms with Crippen LogP contribution in [0.1, 0.15) is 40.0 Å². The van der Waals surface area contributed by atoms with E-state index < -0.39 is 6.17 Å². The van der Waals surface area contributed by atoms with Gasteiger partial charge in [-0.2, -0.15) is 0 Å². The second-order valence-corrected chi connectivity index (χ2v) is 6.65.